The molecule has 0 N–H and O–H groups in total. The average Bonchev–Trinajstić information content (AvgIpc) is 2.31. The predicted octanol–water partition coefficient (Wildman–Crippen LogP) is 3.15. The van der Waals surface area contributed by atoms with E-state index in [9.17, 15) is 0 Å². The minimum Gasteiger partial charge on any atom is -0.457 e. The summed E-state index contributed by atoms with van der Waals surface area (Å²) in [6.07, 6.45) is 0. The fourth-order valence-electron chi connectivity index (χ4n) is 1.17. The average molecular weight is 194 g/mol. The highest BCUT2D eigenvalue weighted by Gasteiger charge is 1.96. The third-order valence-corrected chi connectivity index (χ3v) is 1.91. The van der Waals surface area contributed by atoms with Gasteiger partial charge in [-0.25, -0.2) is 0 Å². The van der Waals surface area contributed by atoms with Gasteiger partial charge in [0, 0.05) is 0 Å². The molecule has 71 valence electrons. The molecule has 2 aromatic carbocycles. The summed E-state index contributed by atoms with van der Waals surface area (Å²) >= 11 is 0. The molecule has 0 atom stereocenters. The first-order valence-electron chi connectivity index (χ1n) is 4.52. The van der Waals surface area contributed by atoms with Gasteiger partial charge in [-0.3, -0.25) is 0 Å². The van der Waals surface area contributed by atoms with Crippen LogP contribution in [0.25, 0.3) is 0 Å². The molecule has 0 fully saturated rings. The number of nitriles is 1. The third-order valence-electron chi connectivity index (χ3n) is 1.91. The minimum atomic E-state index is 0.628. The molecule has 0 bridgehead atoms. The lowest BCUT2D eigenvalue weighted by Crippen LogP contribution is -1.83. The summed E-state index contributed by atoms with van der Waals surface area (Å²) in [7, 11) is 0. The first-order valence-corrected chi connectivity index (χ1v) is 4.52. The van der Waals surface area contributed by atoms with E-state index < -0.39 is 0 Å². The number of benzene rings is 2. The third kappa shape index (κ3) is 2.35. The molecule has 0 heterocycles. The van der Waals surface area contributed by atoms with Gasteiger partial charge in [-0.15, -0.1) is 0 Å². The first kappa shape index (κ1) is 9.29. The van der Waals surface area contributed by atoms with Crippen molar-refractivity contribution in [3.8, 4) is 17.6 Å². The van der Waals surface area contributed by atoms with Gasteiger partial charge >= 0.3 is 0 Å². The van der Waals surface area contributed by atoms with Gasteiger partial charge in [-0.05, 0) is 42.5 Å². The van der Waals surface area contributed by atoms with Crippen molar-refractivity contribution < 1.29 is 4.74 Å². The van der Waals surface area contributed by atoms with E-state index in [-0.39, 0.29) is 0 Å². The quantitative estimate of drug-likeness (QED) is 0.735. The molecule has 2 heteroatoms. The van der Waals surface area contributed by atoms with Crippen molar-refractivity contribution >= 4 is 0 Å². The van der Waals surface area contributed by atoms with Crippen LogP contribution in [0.5, 0.6) is 11.5 Å². The number of rotatable bonds is 2. The minimum absolute atomic E-state index is 0.628. The smallest absolute Gasteiger partial charge is 0.127 e. The summed E-state index contributed by atoms with van der Waals surface area (Å²) in [4.78, 5) is 0. The standard InChI is InChI=1S/C13H8NO/c14-10-11-6-8-13(9-7-11)15-12-4-2-1-3-5-12/h2-9H. The molecule has 0 amide bonds. The van der Waals surface area contributed by atoms with Gasteiger partial charge in [0.05, 0.1) is 11.6 Å². The van der Waals surface area contributed by atoms with Crippen LogP contribution in [0.1, 0.15) is 5.56 Å². The molecule has 0 aliphatic rings. The number of ether oxygens (including phenoxy) is 1. The highest BCUT2D eigenvalue weighted by molar-refractivity contribution is 5.37. The number of hydrogen-bond acceptors (Lipinski definition) is 2. The van der Waals surface area contributed by atoms with Crippen molar-refractivity contribution in [2.75, 3.05) is 0 Å². The van der Waals surface area contributed by atoms with Crippen molar-refractivity contribution in [1.29, 1.82) is 5.26 Å². The molecule has 0 aromatic heterocycles. The summed E-state index contributed by atoms with van der Waals surface area (Å²) in [6, 6.07) is 19.2. The Kier molecular flexibility index (Phi) is 2.66. The zero-order valence-corrected chi connectivity index (χ0v) is 7.97. The van der Waals surface area contributed by atoms with Crippen molar-refractivity contribution in [3.05, 3.63) is 60.2 Å². The van der Waals surface area contributed by atoms with Crippen LogP contribution in [0.2, 0.25) is 0 Å². The predicted molar refractivity (Wildman–Crippen MR) is 56.5 cm³/mol. The molecule has 0 spiro atoms. The van der Waals surface area contributed by atoms with Gasteiger partial charge in [0.25, 0.3) is 0 Å². The Bertz CT molecular complexity index is 468. The largest absolute Gasteiger partial charge is 0.457 e. The molecule has 15 heavy (non-hydrogen) atoms. The fourth-order valence-corrected chi connectivity index (χ4v) is 1.17. The Hall–Kier alpha value is -2.27. The van der Waals surface area contributed by atoms with Gasteiger partial charge < -0.3 is 4.74 Å². The monoisotopic (exact) mass is 194 g/mol. The maximum Gasteiger partial charge on any atom is 0.127 e. The van der Waals surface area contributed by atoms with Gasteiger partial charge in [-0.1, -0.05) is 12.1 Å². The number of nitrogens with zero attached hydrogens (tertiary/aromatic N) is 1. The van der Waals surface area contributed by atoms with Crippen molar-refractivity contribution in [2.45, 2.75) is 0 Å². The Morgan fingerprint density at radius 3 is 2.13 bits per heavy atom. The van der Waals surface area contributed by atoms with Gasteiger partial charge in [-0.2, -0.15) is 5.26 Å². The molecule has 2 aromatic rings. The van der Waals surface area contributed by atoms with E-state index in [1.807, 2.05) is 12.1 Å². The zero-order valence-electron chi connectivity index (χ0n) is 7.97. The molecule has 0 aliphatic carbocycles. The van der Waals surface area contributed by atoms with Crippen LogP contribution in [0.3, 0.4) is 0 Å². The molecule has 2 rings (SSSR count). The highest BCUT2D eigenvalue weighted by Crippen LogP contribution is 2.20. The molecular weight excluding hydrogens is 186 g/mol. The van der Waals surface area contributed by atoms with Crippen molar-refractivity contribution in [2.24, 2.45) is 0 Å². The Morgan fingerprint density at radius 1 is 0.933 bits per heavy atom. The van der Waals surface area contributed by atoms with Gasteiger partial charge in [0.1, 0.15) is 11.5 Å². The Morgan fingerprint density at radius 2 is 1.53 bits per heavy atom. The van der Waals surface area contributed by atoms with Crippen LogP contribution in [0, 0.1) is 17.4 Å². The normalized spacial score (nSPS) is 9.27. The Balaban J connectivity index is 2.16. The molecule has 1 radical (unpaired) electrons. The van der Waals surface area contributed by atoms with E-state index in [0.29, 0.717) is 5.56 Å². The zero-order chi connectivity index (χ0) is 10.5. The van der Waals surface area contributed by atoms with Crippen molar-refractivity contribution in [3.63, 3.8) is 0 Å². The number of hydrogen-bond donors (Lipinski definition) is 0. The van der Waals surface area contributed by atoms with E-state index in [4.69, 9.17) is 10.00 Å². The van der Waals surface area contributed by atoms with Crippen LogP contribution in [0.15, 0.2) is 48.5 Å². The summed E-state index contributed by atoms with van der Waals surface area (Å²) in [5, 5.41) is 8.62. The van der Waals surface area contributed by atoms with Crippen LogP contribution >= 0.6 is 0 Å². The van der Waals surface area contributed by atoms with E-state index in [2.05, 4.69) is 12.1 Å². The summed E-state index contributed by atoms with van der Waals surface area (Å²) in [5.74, 6) is 1.48. The summed E-state index contributed by atoms with van der Waals surface area (Å²) in [5.41, 5.74) is 0.628. The van der Waals surface area contributed by atoms with E-state index >= 15 is 0 Å². The van der Waals surface area contributed by atoms with Gasteiger partial charge in [0.2, 0.25) is 0 Å². The van der Waals surface area contributed by atoms with Crippen LogP contribution in [-0.2, 0) is 0 Å². The van der Waals surface area contributed by atoms with Gasteiger partial charge in [0.15, 0.2) is 0 Å². The Labute approximate surface area is 88.4 Å². The first-order chi connectivity index (χ1) is 7.38. The molecule has 0 aliphatic heterocycles. The molecule has 0 saturated carbocycles. The molecule has 2 nitrogen and oxygen atoms in total. The molecular formula is C13H8NO. The molecule has 0 unspecified atom stereocenters. The van der Waals surface area contributed by atoms with Crippen LogP contribution in [-0.4, -0.2) is 0 Å². The second-order valence-electron chi connectivity index (χ2n) is 2.97. The maximum absolute atomic E-state index is 8.62. The second kappa shape index (κ2) is 4.30. The lowest BCUT2D eigenvalue weighted by Gasteiger charge is -2.04. The topological polar surface area (TPSA) is 33.0 Å². The van der Waals surface area contributed by atoms with Crippen LogP contribution < -0.4 is 4.74 Å². The maximum atomic E-state index is 8.62. The van der Waals surface area contributed by atoms with Crippen molar-refractivity contribution in [1.82, 2.24) is 0 Å². The van der Waals surface area contributed by atoms with Crippen LogP contribution in [0.4, 0.5) is 0 Å². The van der Waals surface area contributed by atoms with E-state index in [1.54, 1.807) is 36.4 Å². The summed E-state index contributed by atoms with van der Waals surface area (Å²) < 4.78 is 5.55. The molecule has 0 saturated heterocycles. The second-order valence-corrected chi connectivity index (χ2v) is 2.97. The van der Waals surface area contributed by atoms with E-state index in [1.165, 1.54) is 0 Å². The lowest BCUT2D eigenvalue weighted by molar-refractivity contribution is 0.482. The fraction of sp³-hybridized carbons (Fsp3) is 0. The lowest BCUT2D eigenvalue weighted by atomic mass is 10.2. The van der Waals surface area contributed by atoms with E-state index in [0.717, 1.165) is 11.5 Å². The summed E-state index contributed by atoms with van der Waals surface area (Å²) in [6.45, 7) is 0. The SMILES string of the molecule is N#Cc1ccc(Oc2cc[c]cc2)cc1. The highest BCUT2D eigenvalue weighted by atomic mass is 16.5.